The topological polar surface area (TPSA) is 37.2 Å². The lowest BCUT2D eigenvalue weighted by Gasteiger charge is -2.52. The number of methoxy groups -OCH3 is 1. The van der Waals surface area contributed by atoms with Gasteiger partial charge in [0.2, 0.25) is 0 Å². The number of ether oxygens (including phenoxy) is 1. The Hall–Kier alpha value is -0.940. The van der Waals surface area contributed by atoms with E-state index in [1.165, 1.54) is 5.57 Å². The van der Waals surface area contributed by atoms with Gasteiger partial charge >= 0.3 is 0 Å². The first-order valence-corrected chi connectivity index (χ1v) is 7.90. The summed E-state index contributed by atoms with van der Waals surface area (Å²) in [5.74, 6) is 0. The lowest BCUT2D eigenvalue weighted by molar-refractivity contribution is -0.00746. The van der Waals surface area contributed by atoms with Crippen molar-refractivity contribution in [3.8, 4) is 0 Å². The summed E-state index contributed by atoms with van der Waals surface area (Å²) in [6, 6.07) is 0. The molecule has 0 fully saturated rings. The molecule has 0 saturated carbocycles. The highest BCUT2D eigenvalue weighted by molar-refractivity contribution is 9.11. The van der Waals surface area contributed by atoms with Crippen LogP contribution in [0.25, 0.3) is 0 Å². The lowest BCUT2D eigenvalue weighted by Crippen LogP contribution is -2.52. The average molecular weight is 354 g/mol. The first-order valence-electron chi connectivity index (χ1n) is 7.10. The smallest absolute Gasteiger partial charge is 0.107 e. The standard InChI is InChI=1S/C16H24BrN3O/c1-12-9-14(2,21-6)10-15(3)13(17)7-8-19-20(5)11-18-16(12,15)4/h7-9,11H,10H2,1-6H3. The highest BCUT2D eigenvalue weighted by atomic mass is 79.9. The minimum atomic E-state index is -0.345. The molecule has 2 aliphatic rings. The maximum atomic E-state index is 5.76. The van der Waals surface area contributed by atoms with Crippen LogP contribution in [0.3, 0.4) is 0 Å². The van der Waals surface area contributed by atoms with Gasteiger partial charge < -0.3 is 4.74 Å². The molecule has 1 aliphatic carbocycles. The zero-order valence-corrected chi connectivity index (χ0v) is 15.2. The van der Waals surface area contributed by atoms with Crippen molar-refractivity contribution in [1.82, 2.24) is 5.01 Å². The molecule has 0 bridgehead atoms. The Kier molecular flexibility index (Phi) is 4.19. The number of aliphatic imine (C=N–C) groups is 1. The van der Waals surface area contributed by atoms with Gasteiger partial charge in [-0.3, -0.25) is 10.0 Å². The Balaban J connectivity index is 2.68. The van der Waals surface area contributed by atoms with Crippen LogP contribution in [-0.4, -0.2) is 42.9 Å². The van der Waals surface area contributed by atoms with Crippen molar-refractivity contribution in [2.24, 2.45) is 15.5 Å². The van der Waals surface area contributed by atoms with Crippen molar-refractivity contribution in [1.29, 1.82) is 0 Å². The van der Waals surface area contributed by atoms with E-state index in [2.05, 4.69) is 54.8 Å². The molecule has 3 unspecified atom stereocenters. The maximum absolute atomic E-state index is 5.76. The number of halogens is 1. The summed E-state index contributed by atoms with van der Waals surface area (Å²) in [4.78, 5) is 4.87. The van der Waals surface area contributed by atoms with E-state index in [1.807, 2.05) is 13.1 Å². The molecule has 2 rings (SSSR count). The second-order valence-corrected chi connectivity index (χ2v) is 7.38. The predicted molar refractivity (Wildman–Crippen MR) is 92.1 cm³/mol. The van der Waals surface area contributed by atoms with E-state index in [9.17, 15) is 0 Å². The zero-order chi connectivity index (χ0) is 15.9. The number of rotatable bonds is 1. The van der Waals surface area contributed by atoms with Crippen molar-refractivity contribution in [2.45, 2.75) is 45.3 Å². The largest absolute Gasteiger partial charge is 0.374 e. The van der Waals surface area contributed by atoms with Gasteiger partial charge in [-0.2, -0.15) is 5.10 Å². The van der Waals surface area contributed by atoms with E-state index in [-0.39, 0.29) is 16.6 Å². The first-order chi connectivity index (χ1) is 9.67. The molecule has 116 valence electrons. The molecular formula is C16H24BrN3O. The summed E-state index contributed by atoms with van der Waals surface area (Å²) >= 11 is 3.76. The van der Waals surface area contributed by atoms with E-state index in [0.29, 0.717) is 0 Å². The lowest BCUT2D eigenvalue weighted by atomic mass is 9.59. The Morgan fingerprint density at radius 3 is 2.62 bits per heavy atom. The van der Waals surface area contributed by atoms with Gasteiger partial charge in [0.05, 0.1) is 11.1 Å². The summed E-state index contributed by atoms with van der Waals surface area (Å²) in [7, 11) is 3.65. The highest BCUT2D eigenvalue weighted by Crippen LogP contribution is 2.56. The van der Waals surface area contributed by atoms with Crippen molar-refractivity contribution < 1.29 is 4.74 Å². The number of hydrogen-bond acceptors (Lipinski definition) is 4. The molecule has 3 atom stereocenters. The average Bonchev–Trinajstić information content (AvgIpc) is 2.45. The summed E-state index contributed by atoms with van der Waals surface area (Å²) in [5.41, 5.74) is 0.363. The molecule has 5 heteroatoms. The van der Waals surface area contributed by atoms with Crippen LogP contribution in [0.5, 0.6) is 0 Å². The molecule has 21 heavy (non-hydrogen) atoms. The van der Waals surface area contributed by atoms with Crippen LogP contribution in [0.15, 0.2) is 32.3 Å². The number of hydrogen-bond donors (Lipinski definition) is 0. The second-order valence-electron chi connectivity index (χ2n) is 6.52. The van der Waals surface area contributed by atoms with Gasteiger partial charge in [0.1, 0.15) is 6.34 Å². The summed E-state index contributed by atoms with van der Waals surface area (Å²) in [6.45, 7) is 8.67. The van der Waals surface area contributed by atoms with Gasteiger partial charge in [0, 0.05) is 30.3 Å². The predicted octanol–water partition coefficient (Wildman–Crippen LogP) is 3.74. The van der Waals surface area contributed by atoms with Gasteiger partial charge in [-0.05, 0) is 38.8 Å². The number of fused-ring (bicyclic) bond motifs is 1. The van der Waals surface area contributed by atoms with E-state index in [4.69, 9.17) is 9.73 Å². The molecule has 0 aromatic heterocycles. The van der Waals surface area contributed by atoms with Gasteiger partial charge in [-0.15, -0.1) is 0 Å². The summed E-state index contributed by atoms with van der Waals surface area (Å²) in [6.07, 6.45) is 8.64. The van der Waals surface area contributed by atoms with Crippen molar-refractivity contribution >= 4 is 28.5 Å². The Morgan fingerprint density at radius 1 is 1.33 bits per heavy atom. The van der Waals surface area contributed by atoms with E-state index < -0.39 is 0 Å². The van der Waals surface area contributed by atoms with Crippen molar-refractivity contribution in [3.05, 3.63) is 22.2 Å². The van der Waals surface area contributed by atoms with Gasteiger partial charge in [0.25, 0.3) is 0 Å². The molecule has 1 aliphatic heterocycles. The fraction of sp³-hybridized carbons (Fsp3) is 0.625. The Labute approximate surface area is 135 Å². The monoisotopic (exact) mass is 353 g/mol. The van der Waals surface area contributed by atoms with Crippen molar-refractivity contribution in [2.75, 3.05) is 14.2 Å². The molecule has 0 spiro atoms. The number of nitrogens with zero attached hydrogens (tertiary/aromatic N) is 3. The number of allylic oxidation sites excluding steroid dienone is 1. The fourth-order valence-electron chi connectivity index (χ4n) is 3.27. The third-order valence-electron chi connectivity index (χ3n) is 5.01. The molecule has 0 radical (unpaired) electrons. The molecular weight excluding hydrogens is 330 g/mol. The van der Waals surface area contributed by atoms with Crippen LogP contribution in [0.1, 0.15) is 34.1 Å². The van der Waals surface area contributed by atoms with Crippen LogP contribution in [0, 0.1) is 5.41 Å². The van der Waals surface area contributed by atoms with Gasteiger partial charge in [0.15, 0.2) is 0 Å². The molecule has 0 aromatic rings. The first kappa shape index (κ1) is 16.4. The molecule has 4 nitrogen and oxygen atoms in total. The quantitative estimate of drug-likeness (QED) is 0.673. The van der Waals surface area contributed by atoms with Crippen molar-refractivity contribution in [3.63, 3.8) is 0 Å². The molecule has 1 heterocycles. The molecule has 0 amide bonds. The second kappa shape index (κ2) is 5.36. The minimum Gasteiger partial charge on any atom is -0.374 e. The SMILES string of the molecule is COC1(C)C=C(C)C2(C)N=CN(C)N=CC=C(Br)C2(C)C1. The van der Waals surface area contributed by atoms with E-state index >= 15 is 0 Å². The van der Waals surface area contributed by atoms with Crippen LogP contribution >= 0.6 is 15.9 Å². The molecule has 0 N–H and O–H groups in total. The fourth-order valence-corrected chi connectivity index (χ4v) is 3.91. The van der Waals surface area contributed by atoms with Crippen LogP contribution in [0.4, 0.5) is 0 Å². The third-order valence-corrected chi connectivity index (χ3v) is 6.15. The van der Waals surface area contributed by atoms with Crippen LogP contribution in [-0.2, 0) is 4.74 Å². The Bertz CT molecular complexity index is 554. The van der Waals surface area contributed by atoms with E-state index in [1.54, 1.807) is 24.7 Å². The van der Waals surface area contributed by atoms with Crippen LogP contribution < -0.4 is 0 Å². The summed E-state index contributed by atoms with van der Waals surface area (Å²) < 4.78 is 6.85. The number of hydrazone groups is 1. The van der Waals surface area contributed by atoms with Gasteiger partial charge in [-0.25, -0.2) is 0 Å². The zero-order valence-electron chi connectivity index (χ0n) is 13.6. The Morgan fingerprint density at radius 2 is 2.00 bits per heavy atom. The van der Waals surface area contributed by atoms with Gasteiger partial charge in [-0.1, -0.05) is 28.9 Å². The normalized spacial score (nSPS) is 39.9. The highest BCUT2D eigenvalue weighted by Gasteiger charge is 2.54. The molecule has 0 saturated heterocycles. The van der Waals surface area contributed by atoms with E-state index in [0.717, 1.165) is 10.9 Å². The summed E-state index contributed by atoms with van der Waals surface area (Å²) in [5, 5.41) is 6.02. The van der Waals surface area contributed by atoms with Crippen LogP contribution in [0.2, 0.25) is 0 Å². The third kappa shape index (κ3) is 2.61. The minimum absolute atomic E-state index is 0.204. The maximum Gasteiger partial charge on any atom is 0.107 e. The molecule has 0 aromatic carbocycles.